The van der Waals surface area contributed by atoms with Gasteiger partial charge in [-0.25, -0.2) is 9.97 Å². The van der Waals surface area contributed by atoms with Crippen LogP contribution >= 0.6 is 0 Å². The summed E-state index contributed by atoms with van der Waals surface area (Å²) in [4.78, 5) is 8.35. The molecule has 4 heteroatoms. The molecule has 0 unspecified atom stereocenters. The van der Waals surface area contributed by atoms with Crippen LogP contribution in [0.4, 0.5) is 0 Å². The average molecular weight is 285 g/mol. The molecule has 0 fully saturated rings. The number of ether oxygens (including phenoxy) is 1. The zero-order valence-electron chi connectivity index (χ0n) is 13.2. The smallest absolute Gasteiger partial charge is 0.166 e. The quantitative estimate of drug-likeness (QED) is 0.916. The van der Waals surface area contributed by atoms with Crippen molar-refractivity contribution in [2.75, 3.05) is 0 Å². The van der Waals surface area contributed by atoms with E-state index in [1.807, 2.05) is 6.07 Å². The van der Waals surface area contributed by atoms with Crippen molar-refractivity contribution in [2.45, 2.75) is 46.4 Å². The van der Waals surface area contributed by atoms with Crippen LogP contribution in [-0.2, 0) is 13.2 Å². The van der Waals surface area contributed by atoms with Gasteiger partial charge in [0.1, 0.15) is 12.4 Å². The number of benzene rings is 1. The third-order valence-electron chi connectivity index (χ3n) is 3.00. The van der Waals surface area contributed by atoms with E-state index in [0.717, 1.165) is 17.9 Å². The van der Waals surface area contributed by atoms with Gasteiger partial charge in [0, 0.05) is 30.0 Å². The van der Waals surface area contributed by atoms with E-state index in [0.29, 0.717) is 12.4 Å². The Bertz CT molecular complexity index is 576. The van der Waals surface area contributed by atoms with E-state index < -0.39 is 0 Å². The first-order valence-corrected chi connectivity index (χ1v) is 7.17. The molecule has 0 spiro atoms. The molecule has 1 aromatic heterocycles. The highest BCUT2D eigenvalue weighted by Crippen LogP contribution is 2.21. The van der Waals surface area contributed by atoms with Gasteiger partial charge in [0.25, 0.3) is 0 Å². The molecule has 0 aliphatic rings. The van der Waals surface area contributed by atoms with E-state index in [1.165, 1.54) is 5.56 Å². The molecule has 0 radical (unpaired) electrons. The zero-order chi connectivity index (χ0) is 15.3. The molecule has 0 saturated carbocycles. The second kappa shape index (κ2) is 6.68. The molecular weight excluding hydrogens is 262 g/mol. The fourth-order valence-corrected chi connectivity index (χ4v) is 1.89. The van der Waals surface area contributed by atoms with Crippen LogP contribution in [0.15, 0.2) is 36.7 Å². The lowest BCUT2D eigenvalue weighted by Crippen LogP contribution is -2.35. The van der Waals surface area contributed by atoms with Crippen molar-refractivity contribution < 1.29 is 4.74 Å². The minimum absolute atomic E-state index is 0.0730. The molecule has 0 aliphatic carbocycles. The van der Waals surface area contributed by atoms with Gasteiger partial charge in [0.15, 0.2) is 5.82 Å². The van der Waals surface area contributed by atoms with Gasteiger partial charge in [0.05, 0.1) is 0 Å². The van der Waals surface area contributed by atoms with Gasteiger partial charge < -0.3 is 10.1 Å². The summed E-state index contributed by atoms with van der Waals surface area (Å²) in [6.07, 6.45) is 3.45. The number of nitrogens with zero attached hydrogens (tertiary/aromatic N) is 2. The van der Waals surface area contributed by atoms with Crippen molar-refractivity contribution in [3.05, 3.63) is 53.6 Å². The van der Waals surface area contributed by atoms with Crippen LogP contribution in [-0.4, -0.2) is 15.5 Å². The number of aryl methyl sites for hydroxylation is 1. The third-order valence-corrected chi connectivity index (χ3v) is 3.00. The minimum atomic E-state index is 0.0730. The molecule has 0 amide bonds. The molecule has 4 nitrogen and oxygen atoms in total. The maximum atomic E-state index is 5.88. The Morgan fingerprint density at radius 2 is 1.86 bits per heavy atom. The second-order valence-corrected chi connectivity index (χ2v) is 6.17. The first-order chi connectivity index (χ1) is 9.94. The lowest BCUT2D eigenvalue weighted by molar-refractivity contribution is 0.290. The Labute approximate surface area is 126 Å². The molecule has 1 aromatic carbocycles. The van der Waals surface area contributed by atoms with Crippen LogP contribution in [0.25, 0.3) is 0 Å². The first-order valence-electron chi connectivity index (χ1n) is 7.17. The van der Waals surface area contributed by atoms with Gasteiger partial charge in [-0.15, -0.1) is 0 Å². The van der Waals surface area contributed by atoms with E-state index >= 15 is 0 Å². The van der Waals surface area contributed by atoms with E-state index in [2.05, 4.69) is 55.1 Å². The lowest BCUT2D eigenvalue weighted by Gasteiger charge is -2.22. The fraction of sp³-hybridized carbons (Fsp3) is 0.412. The average Bonchev–Trinajstić information content (AvgIpc) is 2.44. The monoisotopic (exact) mass is 285 g/mol. The summed E-state index contributed by atoms with van der Waals surface area (Å²) in [5.41, 5.74) is 2.45. The molecule has 0 saturated heterocycles. The standard InChI is InChI=1S/C17H23N3O/c1-13-6-7-15(14(10-13)11-20-17(2,3)4)21-12-16-18-8-5-9-19-16/h5-10,20H,11-12H2,1-4H3. The van der Waals surface area contributed by atoms with Gasteiger partial charge in [-0.2, -0.15) is 0 Å². The van der Waals surface area contributed by atoms with Crippen molar-refractivity contribution >= 4 is 0 Å². The van der Waals surface area contributed by atoms with Gasteiger partial charge in [-0.05, 0) is 39.8 Å². The Balaban J connectivity index is 2.07. The summed E-state index contributed by atoms with van der Waals surface area (Å²) in [5.74, 6) is 1.57. The lowest BCUT2D eigenvalue weighted by atomic mass is 10.1. The molecule has 1 N–H and O–H groups in total. The maximum absolute atomic E-state index is 5.88. The van der Waals surface area contributed by atoms with Gasteiger partial charge in [0.2, 0.25) is 0 Å². The first kappa shape index (κ1) is 15.4. The SMILES string of the molecule is Cc1ccc(OCc2ncccn2)c(CNC(C)(C)C)c1. The van der Waals surface area contributed by atoms with E-state index in [1.54, 1.807) is 18.5 Å². The van der Waals surface area contributed by atoms with Crippen molar-refractivity contribution in [3.63, 3.8) is 0 Å². The highest BCUT2D eigenvalue weighted by molar-refractivity contribution is 5.37. The van der Waals surface area contributed by atoms with Gasteiger partial charge in [-0.1, -0.05) is 17.7 Å². The number of hydrogen-bond acceptors (Lipinski definition) is 4. The summed E-state index contributed by atoms with van der Waals surface area (Å²) < 4.78 is 5.88. The molecule has 0 aliphatic heterocycles. The Morgan fingerprint density at radius 3 is 2.52 bits per heavy atom. The van der Waals surface area contributed by atoms with Crippen molar-refractivity contribution in [3.8, 4) is 5.75 Å². The molecule has 1 heterocycles. The van der Waals surface area contributed by atoms with Crippen LogP contribution in [0, 0.1) is 6.92 Å². The minimum Gasteiger partial charge on any atom is -0.485 e. The van der Waals surface area contributed by atoms with Crippen LogP contribution in [0.1, 0.15) is 37.7 Å². The second-order valence-electron chi connectivity index (χ2n) is 6.17. The molecule has 0 atom stereocenters. The van der Waals surface area contributed by atoms with E-state index in [4.69, 9.17) is 4.74 Å². The van der Waals surface area contributed by atoms with Gasteiger partial charge >= 0.3 is 0 Å². The van der Waals surface area contributed by atoms with Crippen LogP contribution in [0.3, 0.4) is 0 Å². The fourth-order valence-electron chi connectivity index (χ4n) is 1.89. The Hall–Kier alpha value is -1.94. The zero-order valence-corrected chi connectivity index (χ0v) is 13.2. The third kappa shape index (κ3) is 5.16. The number of nitrogens with one attached hydrogen (secondary N) is 1. The van der Waals surface area contributed by atoms with Crippen molar-refractivity contribution in [1.29, 1.82) is 0 Å². The molecule has 112 valence electrons. The predicted octanol–water partition coefficient (Wildman–Crippen LogP) is 3.25. The summed E-state index contributed by atoms with van der Waals surface area (Å²) in [6.45, 7) is 9.71. The Kier molecular flexibility index (Phi) is 4.91. The Morgan fingerprint density at radius 1 is 1.14 bits per heavy atom. The topological polar surface area (TPSA) is 47.0 Å². The van der Waals surface area contributed by atoms with Crippen LogP contribution in [0.2, 0.25) is 0 Å². The van der Waals surface area contributed by atoms with Gasteiger partial charge in [-0.3, -0.25) is 0 Å². The van der Waals surface area contributed by atoms with Crippen molar-refractivity contribution in [2.24, 2.45) is 0 Å². The normalized spacial score (nSPS) is 11.4. The summed E-state index contributed by atoms with van der Waals surface area (Å²) in [6, 6.07) is 8.02. The maximum Gasteiger partial charge on any atom is 0.166 e. The molecule has 21 heavy (non-hydrogen) atoms. The molecular formula is C17H23N3O. The summed E-state index contributed by atoms with van der Waals surface area (Å²) >= 11 is 0. The van der Waals surface area contributed by atoms with Crippen LogP contribution in [0.5, 0.6) is 5.75 Å². The summed E-state index contributed by atoms with van der Waals surface area (Å²) in [5, 5.41) is 3.49. The molecule has 0 bridgehead atoms. The largest absolute Gasteiger partial charge is 0.485 e. The van der Waals surface area contributed by atoms with Crippen LogP contribution < -0.4 is 10.1 Å². The number of hydrogen-bond donors (Lipinski definition) is 1. The summed E-state index contributed by atoms with van der Waals surface area (Å²) in [7, 11) is 0. The van der Waals surface area contributed by atoms with E-state index in [9.17, 15) is 0 Å². The predicted molar refractivity (Wildman–Crippen MR) is 84.1 cm³/mol. The molecule has 2 rings (SSSR count). The number of rotatable bonds is 5. The van der Waals surface area contributed by atoms with Crippen molar-refractivity contribution in [1.82, 2.24) is 15.3 Å². The highest BCUT2D eigenvalue weighted by atomic mass is 16.5. The number of aromatic nitrogens is 2. The molecule has 2 aromatic rings. The highest BCUT2D eigenvalue weighted by Gasteiger charge is 2.11. The van der Waals surface area contributed by atoms with E-state index in [-0.39, 0.29) is 5.54 Å².